The first-order chi connectivity index (χ1) is 19.4. The summed E-state index contributed by atoms with van der Waals surface area (Å²) in [5, 5.41) is 31.2. The van der Waals surface area contributed by atoms with E-state index in [0.717, 1.165) is 0 Å². The molecule has 43 heavy (non-hydrogen) atoms. The number of benzene rings is 4. The first-order valence-corrected chi connectivity index (χ1v) is 11.9. The minimum Gasteiger partial charge on any atom is -1.00 e. The molecule has 4 aromatic rings. The Morgan fingerprint density at radius 2 is 0.977 bits per heavy atom. The zero-order valence-electron chi connectivity index (χ0n) is 23.0. The van der Waals surface area contributed by atoms with Gasteiger partial charge in [-0.2, -0.15) is 10.2 Å². The fourth-order valence-electron chi connectivity index (χ4n) is 3.22. The van der Waals surface area contributed by atoms with Crippen LogP contribution in [0.2, 0.25) is 0 Å². The van der Waals surface area contributed by atoms with Gasteiger partial charge in [0.2, 0.25) is 0 Å². The quantitative estimate of drug-likeness (QED) is 0.144. The molecule has 0 unspecified atom stereocenters. The van der Waals surface area contributed by atoms with Crippen molar-refractivity contribution in [1.82, 2.24) is 10.9 Å². The van der Waals surface area contributed by atoms with Gasteiger partial charge in [-0.3, -0.25) is 9.59 Å². The van der Waals surface area contributed by atoms with Crippen LogP contribution in [0.15, 0.2) is 107 Å². The van der Waals surface area contributed by atoms with Crippen LogP contribution in [0.1, 0.15) is 31.8 Å². The van der Waals surface area contributed by atoms with Crippen LogP contribution in [0.5, 0.6) is 23.0 Å². The van der Waals surface area contributed by atoms with Gasteiger partial charge in [0.15, 0.2) is 0 Å². The van der Waals surface area contributed by atoms with Crippen molar-refractivity contribution in [2.75, 3.05) is 14.2 Å². The molecule has 0 aliphatic rings. The summed E-state index contributed by atoms with van der Waals surface area (Å²) < 4.78 is 9.84. The van der Waals surface area contributed by atoms with Gasteiger partial charge in [0, 0.05) is 11.1 Å². The molecule has 0 heterocycles. The van der Waals surface area contributed by atoms with Crippen LogP contribution >= 0.6 is 0 Å². The summed E-state index contributed by atoms with van der Waals surface area (Å²) in [4.78, 5) is 23.4. The molecule has 0 spiro atoms. The average Bonchev–Trinajstić information content (AvgIpc) is 3.00. The number of methoxy groups -OCH3 is 2. The van der Waals surface area contributed by atoms with Crippen molar-refractivity contribution >= 4 is 24.2 Å². The number of nitrogens with zero attached hydrogens (tertiary/aromatic N) is 2. The monoisotopic (exact) mass is 647 g/mol. The minimum absolute atomic E-state index is 0. The van der Waals surface area contributed by atoms with Crippen LogP contribution in [0.3, 0.4) is 0 Å². The molecule has 4 aromatic carbocycles. The molecule has 0 aliphatic heterocycles. The molecule has 225 valence electrons. The average molecular weight is 648 g/mol. The topological polar surface area (TPSA) is 179 Å². The number of para-hydroxylation sites is 2. The van der Waals surface area contributed by atoms with E-state index in [2.05, 4.69) is 21.1 Å². The molecule has 0 saturated carbocycles. The van der Waals surface area contributed by atoms with Crippen LogP contribution < -0.4 is 42.9 Å². The van der Waals surface area contributed by atoms with Gasteiger partial charge in [0.1, 0.15) is 11.5 Å². The van der Waals surface area contributed by atoms with Crippen LogP contribution in [0.4, 0.5) is 0 Å². The molecule has 4 rings (SSSR count). The van der Waals surface area contributed by atoms with Gasteiger partial charge in [-0.05, 0) is 47.5 Å². The molecular formula is C30H28ClFeN4O7. The Bertz CT molecular complexity index is 1380. The normalized spacial score (nSPS) is 9.72. The van der Waals surface area contributed by atoms with Gasteiger partial charge in [0.05, 0.1) is 26.6 Å². The van der Waals surface area contributed by atoms with E-state index in [0.29, 0.717) is 22.3 Å². The summed E-state index contributed by atoms with van der Waals surface area (Å²) in [7, 11) is 2.85. The number of halogens is 1. The van der Waals surface area contributed by atoms with Gasteiger partial charge in [-0.25, -0.2) is 10.9 Å². The van der Waals surface area contributed by atoms with E-state index >= 15 is 0 Å². The van der Waals surface area contributed by atoms with Crippen molar-refractivity contribution in [2.45, 2.75) is 0 Å². The van der Waals surface area contributed by atoms with Gasteiger partial charge in [-0.1, -0.05) is 72.2 Å². The van der Waals surface area contributed by atoms with Crippen molar-refractivity contribution in [3.63, 3.8) is 0 Å². The number of amides is 2. The molecule has 0 atom stereocenters. The van der Waals surface area contributed by atoms with Gasteiger partial charge in [0.25, 0.3) is 11.8 Å². The van der Waals surface area contributed by atoms with Crippen molar-refractivity contribution in [3.8, 4) is 23.0 Å². The van der Waals surface area contributed by atoms with E-state index in [9.17, 15) is 19.8 Å². The Hall–Kier alpha value is -4.87. The third kappa shape index (κ3) is 11.5. The van der Waals surface area contributed by atoms with Crippen LogP contribution in [-0.4, -0.2) is 43.9 Å². The predicted octanol–water partition coefficient (Wildman–Crippen LogP) is -0.758. The maximum atomic E-state index is 11.8. The third-order valence-corrected chi connectivity index (χ3v) is 5.27. The van der Waals surface area contributed by atoms with E-state index in [-0.39, 0.29) is 69.8 Å². The second kappa shape index (κ2) is 20.1. The van der Waals surface area contributed by atoms with E-state index in [1.165, 1.54) is 26.6 Å². The van der Waals surface area contributed by atoms with Crippen molar-refractivity contribution < 1.29 is 64.2 Å². The standard InChI is InChI=1S/2C15H14N2O3.ClH.Fe.H2O/c2*1-20-13-9-5-8-12(14(13)18)10-16-17-15(19)11-6-3-2-4-7-11;;;/h2*2-10,18H,1H3,(H,17,19);1H;;1H2/q;;;+3;/p-3/b2*16-10+;;;. The fourth-order valence-corrected chi connectivity index (χ4v) is 3.22. The SMILES string of the molecule is COc1cccc(/C=N/NC(=O)c2ccccc2)c1[O-].COc1cccc(/C=N/NC(=O)c2ccccc2)c1[O-].O.[Cl-].[Fe+3]. The number of rotatable bonds is 8. The molecule has 4 N–H and O–H groups in total. The number of hydrogen-bond donors (Lipinski definition) is 2. The Labute approximate surface area is 265 Å². The molecule has 2 amide bonds. The summed E-state index contributed by atoms with van der Waals surface area (Å²) in [6.45, 7) is 0. The maximum Gasteiger partial charge on any atom is 3.00 e. The number of hydrogen-bond acceptors (Lipinski definition) is 8. The minimum atomic E-state index is -0.336. The Morgan fingerprint density at radius 3 is 1.30 bits per heavy atom. The smallest absolute Gasteiger partial charge is 1.00 e. The van der Waals surface area contributed by atoms with Crippen LogP contribution in [0.25, 0.3) is 0 Å². The predicted molar refractivity (Wildman–Crippen MR) is 151 cm³/mol. The first kappa shape index (κ1) is 38.1. The molecule has 0 fully saturated rings. The van der Waals surface area contributed by atoms with E-state index in [4.69, 9.17) is 9.47 Å². The molecule has 0 aliphatic carbocycles. The van der Waals surface area contributed by atoms with Crippen LogP contribution in [0, 0.1) is 0 Å². The number of carbonyl (C=O) groups excluding carboxylic acids is 2. The summed E-state index contributed by atoms with van der Waals surface area (Å²) >= 11 is 0. The van der Waals surface area contributed by atoms with E-state index < -0.39 is 0 Å². The zero-order chi connectivity index (χ0) is 28.7. The van der Waals surface area contributed by atoms with Gasteiger partial charge >= 0.3 is 17.1 Å². The summed E-state index contributed by atoms with van der Waals surface area (Å²) in [6.07, 6.45) is 2.59. The summed E-state index contributed by atoms with van der Waals surface area (Å²) in [5.74, 6) is -0.735. The largest absolute Gasteiger partial charge is 3.00 e. The van der Waals surface area contributed by atoms with Crippen molar-refractivity contribution in [3.05, 3.63) is 119 Å². The number of nitrogens with one attached hydrogen (secondary N) is 2. The molecule has 0 saturated heterocycles. The second-order valence-corrected chi connectivity index (χ2v) is 7.89. The van der Waals surface area contributed by atoms with Crippen molar-refractivity contribution in [1.29, 1.82) is 0 Å². The number of ether oxygens (including phenoxy) is 2. The Morgan fingerprint density at radius 1 is 0.628 bits per heavy atom. The summed E-state index contributed by atoms with van der Waals surface area (Å²) in [5.41, 5.74) is 6.41. The summed E-state index contributed by atoms with van der Waals surface area (Å²) in [6, 6.07) is 27.1. The molecule has 13 heteroatoms. The Balaban J connectivity index is 0.000000767. The number of carbonyl (C=O) groups is 2. The molecule has 0 bridgehead atoms. The molecule has 11 nitrogen and oxygen atoms in total. The third-order valence-electron chi connectivity index (χ3n) is 5.27. The van der Waals surface area contributed by atoms with Gasteiger partial charge < -0.3 is 37.6 Å². The zero-order valence-corrected chi connectivity index (χ0v) is 24.8. The van der Waals surface area contributed by atoms with E-state index in [1.54, 1.807) is 84.9 Å². The second-order valence-electron chi connectivity index (χ2n) is 7.89. The first-order valence-electron chi connectivity index (χ1n) is 11.9. The molecule has 1 radical (unpaired) electrons. The van der Waals surface area contributed by atoms with Gasteiger partial charge in [-0.15, -0.1) is 0 Å². The molecule has 0 aromatic heterocycles. The number of hydrazone groups is 2. The molecular weight excluding hydrogens is 620 g/mol. The van der Waals surface area contributed by atoms with E-state index in [1.807, 2.05) is 12.1 Å². The Kier molecular flexibility index (Phi) is 17.8. The van der Waals surface area contributed by atoms with Crippen LogP contribution in [-0.2, 0) is 17.1 Å². The maximum absolute atomic E-state index is 11.8. The fraction of sp³-hybridized carbons (Fsp3) is 0.0667. The van der Waals surface area contributed by atoms with Crippen molar-refractivity contribution in [2.24, 2.45) is 10.2 Å².